The van der Waals surface area contributed by atoms with E-state index in [9.17, 15) is 0 Å². The van der Waals surface area contributed by atoms with Gasteiger partial charge in [-0.25, -0.2) is 5.43 Å². The lowest BCUT2D eigenvalue weighted by Gasteiger charge is -2.38. The van der Waals surface area contributed by atoms with Crippen molar-refractivity contribution in [1.82, 2.24) is 10.3 Å². The van der Waals surface area contributed by atoms with Crippen LogP contribution in [0.5, 0.6) is 0 Å². The summed E-state index contributed by atoms with van der Waals surface area (Å²) >= 11 is 0. The molecule has 4 nitrogen and oxygen atoms in total. The van der Waals surface area contributed by atoms with Gasteiger partial charge in [-0.1, -0.05) is 50.5 Å². The summed E-state index contributed by atoms with van der Waals surface area (Å²) in [5, 5.41) is 2.31. The summed E-state index contributed by atoms with van der Waals surface area (Å²) in [6, 6.07) is 6.90. The fourth-order valence-electron chi connectivity index (χ4n) is 5.34. The molecule has 0 radical (unpaired) electrons. The van der Waals surface area contributed by atoms with Crippen molar-refractivity contribution in [2.45, 2.75) is 78.2 Å². The Balaban J connectivity index is 1.69. The topological polar surface area (TPSA) is 30.9 Å². The van der Waals surface area contributed by atoms with Crippen molar-refractivity contribution >= 4 is 11.5 Å². The van der Waals surface area contributed by atoms with Gasteiger partial charge in [-0.05, 0) is 81.7 Å². The van der Waals surface area contributed by atoms with Crippen LogP contribution in [0, 0.1) is 19.8 Å². The second kappa shape index (κ2) is 9.44. The molecule has 0 aromatic heterocycles. The summed E-state index contributed by atoms with van der Waals surface area (Å²) in [6.07, 6.45) is 13.0. The lowest BCUT2D eigenvalue weighted by Crippen LogP contribution is -2.52. The number of hydrogen-bond acceptors (Lipinski definition) is 4. The Bertz CT molecular complexity index is 738. The summed E-state index contributed by atoms with van der Waals surface area (Å²) in [5.41, 5.74) is 9.09. The summed E-state index contributed by atoms with van der Waals surface area (Å²) in [7, 11) is 0. The Hall–Kier alpha value is -1.65. The Morgan fingerprint density at radius 1 is 1.10 bits per heavy atom. The molecule has 0 amide bonds. The molecule has 1 aromatic rings. The van der Waals surface area contributed by atoms with Crippen LogP contribution in [0.2, 0.25) is 0 Å². The van der Waals surface area contributed by atoms with Crippen molar-refractivity contribution in [1.29, 1.82) is 0 Å². The number of para-hydroxylation sites is 1. The summed E-state index contributed by atoms with van der Waals surface area (Å²) in [6.45, 7) is 9.83. The number of aliphatic imine (C=N–C) groups is 1. The predicted molar refractivity (Wildman–Crippen MR) is 123 cm³/mol. The smallest absolute Gasteiger partial charge is 0.141 e. The number of aryl methyl sites for hydroxylation is 2. The van der Waals surface area contributed by atoms with Gasteiger partial charge in [-0.2, -0.15) is 0 Å². The molecular weight excluding hydrogens is 356 g/mol. The lowest BCUT2D eigenvalue weighted by molar-refractivity contribution is 0.263. The van der Waals surface area contributed by atoms with Crippen molar-refractivity contribution in [2.24, 2.45) is 10.9 Å². The number of hydrogen-bond donors (Lipinski definition) is 1. The van der Waals surface area contributed by atoms with Crippen LogP contribution in [0.15, 0.2) is 34.8 Å². The van der Waals surface area contributed by atoms with Crippen LogP contribution in [0.25, 0.3) is 0 Å². The van der Waals surface area contributed by atoms with Crippen LogP contribution in [0.1, 0.15) is 69.4 Å². The highest BCUT2D eigenvalue weighted by atomic mass is 15.6. The number of nitrogens with one attached hydrogen (secondary N) is 1. The minimum atomic E-state index is 0.319. The first kappa shape index (κ1) is 20.6. The molecule has 1 N–H and O–H groups in total. The molecule has 1 aromatic carbocycles. The molecule has 29 heavy (non-hydrogen) atoms. The number of rotatable bonds is 5. The van der Waals surface area contributed by atoms with Gasteiger partial charge in [-0.3, -0.25) is 14.9 Å². The van der Waals surface area contributed by atoms with E-state index < -0.39 is 0 Å². The van der Waals surface area contributed by atoms with E-state index in [4.69, 9.17) is 4.99 Å². The molecule has 4 rings (SSSR count). The maximum Gasteiger partial charge on any atom is 0.141 e. The molecule has 4 heteroatoms. The van der Waals surface area contributed by atoms with E-state index >= 15 is 0 Å². The Labute approximate surface area is 177 Å². The van der Waals surface area contributed by atoms with E-state index in [0.29, 0.717) is 12.7 Å². The third kappa shape index (κ3) is 4.44. The van der Waals surface area contributed by atoms with Crippen molar-refractivity contribution in [3.05, 3.63) is 41.0 Å². The molecule has 1 fully saturated rings. The molecule has 1 saturated heterocycles. The molecular formula is C25H38N4. The van der Waals surface area contributed by atoms with E-state index in [0.717, 1.165) is 5.92 Å². The van der Waals surface area contributed by atoms with Gasteiger partial charge in [0.15, 0.2) is 0 Å². The third-order valence-electron chi connectivity index (χ3n) is 7.10. The van der Waals surface area contributed by atoms with Crippen LogP contribution in [0.3, 0.4) is 0 Å². The van der Waals surface area contributed by atoms with E-state index in [-0.39, 0.29) is 0 Å². The van der Waals surface area contributed by atoms with Crippen LogP contribution in [-0.2, 0) is 0 Å². The van der Waals surface area contributed by atoms with Gasteiger partial charge in [0.2, 0.25) is 0 Å². The first-order chi connectivity index (χ1) is 14.2. The Morgan fingerprint density at radius 3 is 2.45 bits per heavy atom. The van der Waals surface area contributed by atoms with Crippen LogP contribution < -0.4 is 10.4 Å². The Kier molecular flexibility index (Phi) is 6.71. The maximum atomic E-state index is 5.05. The molecule has 0 spiro atoms. The van der Waals surface area contributed by atoms with E-state index in [1.807, 2.05) is 0 Å². The average molecular weight is 395 g/mol. The fourth-order valence-corrected chi connectivity index (χ4v) is 5.34. The monoisotopic (exact) mass is 394 g/mol. The molecule has 3 aliphatic rings. The largest absolute Gasteiger partial charge is 0.290 e. The van der Waals surface area contributed by atoms with Crippen molar-refractivity contribution in [3.63, 3.8) is 0 Å². The van der Waals surface area contributed by atoms with Crippen molar-refractivity contribution in [2.75, 3.05) is 24.8 Å². The minimum Gasteiger partial charge on any atom is -0.290 e. The SMILES string of the molecule is CCC1CC=C(C(C2=NCNN2c2c(C)cccc2C)N2CCCCCC2)CC1. The molecule has 158 valence electrons. The number of nitrogens with zero attached hydrogens (tertiary/aromatic N) is 3. The highest BCUT2D eigenvalue weighted by Gasteiger charge is 2.35. The molecule has 2 unspecified atom stereocenters. The van der Waals surface area contributed by atoms with Crippen LogP contribution >= 0.6 is 0 Å². The van der Waals surface area contributed by atoms with Crippen molar-refractivity contribution < 1.29 is 0 Å². The summed E-state index contributed by atoms with van der Waals surface area (Å²) in [4.78, 5) is 7.78. The molecule has 0 saturated carbocycles. The number of allylic oxidation sites excluding steroid dienone is 1. The Morgan fingerprint density at radius 2 is 1.83 bits per heavy atom. The lowest BCUT2D eigenvalue weighted by atomic mass is 9.84. The minimum absolute atomic E-state index is 0.319. The van der Waals surface area contributed by atoms with Crippen molar-refractivity contribution in [3.8, 4) is 0 Å². The molecule has 0 bridgehead atoms. The first-order valence-electron chi connectivity index (χ1n) is 11.8. The standard InChI is InChI=1S/C25H38N4/c1-4-21-12-14-22(15-13-21)24(28-16-7-5-6-8-17-28)25-26-18-27-29(25)23-19(2)10-9-11-20(23)3/h9-11,14,21,24,27H,4-8,12-13,15-18H2,1-3H3. The van der Waals surface area contributed by atoms with Gasteiger partial charge in [0, 0.05) is 0 Å². The maximum absolute atomic E-state index is 5.05. The van der Waals surface area contributed by atoms with Gasteiger partial charge in [0.25, 0.3) is 0 Å². The van der Waals surface area contributed by atoms with Gasteiger partial charge in [0.1, 0.15) is 12.5 Å². The van der Waals surface area contributed by atoms with Gasteiger partial charge in [-0.15, -0.1) is 0 Å². The number of benzene rings is 1. The van der Waals surface area contributed by atoms with Crippen LogP contribution in [0.4, 0.5) is 5.69 Å². The zero-order valence-corrected chi connectivity index (χ0v) is 18.6. The predicted octanol–water partition coefficient (Wildman–Crippen LogP) is 5.37. The number of anilines is 1. The molecule has 2 heterocycles. The first-order valence-corrected chi connectivity index (χ1v) is 11.8. The van der Waals surface area contributed by atoms with Gasteiger partial charge in [0.05, 0.1) is 11.7 Å². The van der Waals surface area contributed by atoms with E-state index in [1.54, 1.807) is 5.57 Å². The van der Waals surface area contributed by atoms with Gasteiger partial charge >= 0.3 is 0 Å². The zero-order chi connectivity index (χ0) is 20.2. The fraction of sp³-hybridized carbons (Fsp3) is 0.640. The third-order valence-corrected chi connectivity index (χ3v) is 7.10. The van der Waals surface area contributed by atoms with Crippen LogP contribution in [-0.4, -0.2) is 36.5 Å². The van der Waals surface area contributed by atoms with E-state index in [1.165, 1.54) is 87.1 Å². The zero-order valence-electron chi connectivity index (χ0n) is 18.6. The molecule has 1 aliphatic carbocycles. The second-order valence-electron chi connectivity index (χ2n) is 9.09. The van der Waals surface area contributed by atoms with E-state index in [2.05, 4.69) is 60.4 Å². The highest BCUT2D eigenvalue weighted by molar-refractivity contribution is 6.04. The summed E-state index contributed by atoms with van der Waals surface area (Å²) < 4.78 is 0. The average Bonchev–Trinajstić information content (AvgIpc) is 3.03. The van der Waals surface area contributed by atoms with Gasteiger partial charge < -0.3 is 0 Å². The second-order valence-corrected chi connectivity index (χ2v) is 9.09. The quantitative estimate of drug-likeness (QED) is 0.682. The normalized spacial score (nSPS) is 24.8. The molecule has 2 aliphatic heterocycles. The number of likely N-dealkylation sites (tertiary alicyclic amines) is 1. The summed E-state index contributed by atoms with van der Waals surface area (Å²) in [5.74, 6) is 2.08. The highest BCUT2D eigenvalue weighted by Crippen LogP contribution is 2.34. The molecule has 2 atom stereocenters. The number of amidine groups is 1. The number of hydrazine groups is 1.